The highest BCUT2D eigenvalue weighted by Crippen LogP contribution is 2.02. The molecule has 0 aromatic carbocycles. The average Bonchev–Trinajstić information content (AvgIpc) is 2.35. The Morgan fingerprint density at radius 3 is 2.21 bits per heavy atom. The molecule has 0 radical (unpaired) electrons. The van der Waals surface area contributed by atoms with Gasteiger partial charge in [-0.3, -0.25) is 19.4 Å². The fourth-order valence-corrected chi connectivity index (χ4v) is 1.50. The molecular weight excluding hydrogens is 252 g/mol. The predicted octanol–water partition coefficient (Wildman–Crippen LogP) is 0.0120. The van der Waals surface area contributed by atoms with Crippen molar-refractivity contribution in [1.29, 1.82) is 0 Å². The van der Waals surface area contributed by atoms with E-state index in [0.717, 1.165) is 4.90 Å². The van der Waals surface area contributed by atoms with Crippen LogP contribution in [0.1, 0.15) is 12.1 Å². The molecule has 0 unspecified atom stereocenters. The van der Waals surface area contributed by atoms with Gasteiger partial charge in [0.15, 0.2) is 0 Å². The first-order valence-electron chi connectivity index (χ1n) is 5.60. The average molecular weight is 266 g/mol. The third kappa shape index (κ3) is 5.62. The number of rotatable bonds is 7. The van der Waals surface area contributed by atoms with Gasteiger partial charge in [-0.05, 0) is 18.6 Å². The van der Waals surface area contributed by atoms with E-state index in [1.807, 2.05) is 0 Å². The van der Waals surface area contributed by atoms with Crippen LogP contribution in [0.4, 0.5) is 0 Å². The second-order valence-corrected chi connectivity index (χ2v) is 3.86. The van der Waals surface area contributed by atoms with E-state index in [1.54, 1.807) is 24.4 Å². The first kappa shape index (κ1) is 14.6. The molecule has 7 heteroatoms. The molecule has 0 bridgehead atoms. The van der Waals surface area contributed by atoms with Crippen molar-refractivity contribution in [3.63, 3.8) is 0 Å². The maximum atomic E-state index is 11.8. The van der Waals surface area contributed by atoms with Gasteiger partial charge in [-0.15, -0.1) is 0 Å². The minimum Gasteiger partial charge on any atom is -0.480 e. The zero-order chi connectivity index (χ0) is 14.3. The molecule has 1 aromatic heterocycles. The Morgan fingerprint density at radius 2 is 1.74 bits per heavy atom. The van der Waals surface area contributed by atoms with Crippen molar-refractivity contribution in [2.75, 3.05) is 13.1 Å². The van der Waals surface area contributed by atoms with Crippen LogP contribution in [0.15, 0.2) is 24.4 Å². The van der Waals surface area contributed by atoms with Crippen LogP contribution in [0, 0.1) is 0 Å². The minimum absolute atomic E-state index is 0.0254. The van der Waals surface area contributed by atoms with Crippen molar-refractivity contribution in [2.24, 2.45) is 0 Å². The van der Waals surface area contributed by atoms with Gasteiger partial charge in [0.1, 0.15) is 13.1 Å². The number of carboxylic acids is 2. The van der Waals surface area contributed by atoms with Crippen molar-refractivity contribution < 1.29 is 24.6 Å². The van der Waals surface area contributed by atoms with Crippen LogP contribution in [0.2, 0.25) is 0 Å². The van der Waals surface area contributed by atoms with Crippen molar-refractivity contribution in [2.45, 2.75) is 12.8 Å². The molecule has 1 heterocycles. The summed E-state index contributed by atoms with van der Waals surface area (Å²) >= 11 is 0. The van der Waals surface area contributed by atoms with E-state index in [-0.39, 0.29) is 6.42 Å². The lowest BCUT2D eigenvalue weighted by molar-refractivity contribution is -0.149. The number of nitrogens with zero attached hydrogens (tertiary/aromatic N) is 2. The monoisotopic (exact) mass is 266 g/mol. The van der Waals surface area contributed by atoms with Gasteiger partial charge in [0.05, 0.1) is 0 Å². The Labute approximate surface area is 109 Å². The third-order valence-corrected chi connectivity index (χ3v) is 2.33. The number of aliphatic carboxylic acids is 2. The van der Waals surface area contributed by atoms with Crippen molar-refractivity contribution in [1.82, 2.24) is 9.88 Å². The zero-order valence-electron chi connectivity index (χ0n) is 10.2. The standard InChI is InChI=1S/C12H14N2O5/c15-10(5-4-9-3-1-2-6-13-9)14(7-11(16)17)8-12(18)19/h1-3,6H,4-5,7-8H2,(H,16,17)(H,18,19). The Kier molecular flexibility index (Phi) is 5.46. The van der Waals surface area contributed by atoms with E-state index in [2.05, 4.69) is 4.98 Å². The highest BCUT2D eigenvalue weighted by molar-refractivity contribution is 5.85. The summed E-state index contributed by atoms with van der Waals surface area (Å²) in [4.78, 5) is 37.7. The van der Waals surface area contributed by atoms with Crippen molar-refractivity contribution in [3.05, 3.63) is 30.1 Å². The lowest BCUT2D eigenvalue weighted by Gasteiger charge is -2.18. The van der Waals surface area contributed by atoms with Crippen LogP contribution < -0.4 is 0 Å². The van der Waals surface area contributed by atoms with Crippen LogP contribution >= 0.6 is 0 Å². The highest BCUT2D eigenvalue weighted by atomic mass is 16.4. The van der Waals surface area contributed by atoms with Gasteiger partial charge in [-0.2, -0.15) is 0 Å². The fraction of sp³-hybridized carbons (Fsp3) is 0.333. The number of aryl methyl sites for hydroxylation is 1. The summed E-state index contributed by atoms with van der Waals surface area (Å²) in [6.45, 7) is -1.24. The number of aromatic nitrogens is 1. The van der Waals surface area contributed by atoms with Gasteiger partial charge in [-0.1, -0.05) is 6.07 Å². The van der Waals surface area contributed by atoms with Gasteiger partial charge < -0.3 is 15.1 Å². The molecule has 0 aliphatic heterocycles. The van der Waals surface area contributed by atoms with Crippen LogP contribution in [-0.2, 0) is 20.8 Å². The molecule has 0 aliphatic carbocycles. The number of pyridine rings is 1. The highest BCUT2D eigenvalue weighted by Gasteiger charge is 2.19. The Bertz CT molecular complexity index is 444. The van der Waals surface area contributed by atoms with Gasteiger partial charge in [0.25, 0.3) is 0 Å². The van der Waals surface area contributed by atoms with Gasteiger partial charge in [0, 0.05) is 18.3 Å². The molecule has 0 spiro atoms. The lowest BCUT2D eigenvalue weighted by Crippen LogP contribution is -2.39. The van der Waals surface area contributed by atoms with E-state index in [1.165, 1.54) is 0 Å². The van der Waals surface area contributed by atoms with Crippen LogP contribution in [0.3, 0.4) is 0 Å². The Balaban J connectivity index is 2.56. The second kappa shape index (κ2) is 7.10. The molecule has 0 aliphatic rings. The maximum Gasteiger partial charge on any atom is 0.323 e. The maximum absolute atomic E-state index is 11.8. The molecule has 0 saturated heterocycles. The number of hydrogen-bond acceptors (Lipinski definition) is 4. The summed E-state index contributed by atoms with van der Waals surface area (Å²) in [7, 11) is 0. The summed E-state index contributed by atoms with van der Waals surface area (Å²) in [6, 6.07) is 5.26. The van der Waals surface area contributed by atoms with Crippen molar-refractivity contribution >= 4 is 17.8 Å². The molecule has 102 valence electrons. The molecule has 0 saturated carbocycles. The molecule has 0 atom stereocenters. The molecule has 19 heavy (non-hydrogen) atoms. The summed E-state index contributed by atoms with van der Waals surface area (Å²) in [5.74, 6) is -3.00. The van der Waals surface area contributed by atoms with E-state index in [4.69, 9.17) is 10.2 Å². The SMILES string of the molecule is O=C(O)CN(CC(=O)O)C(=O)CCc1ccccn1. The molecule has 1 aromatic rings. The fourth-order valence-electron chi connectivity index (χ4n) is 1.50. The Hall–Kier alpha value is -2.44. The third-order valence-electron chi connectivity index (χ3n) is 2.33. The lowest BCUT2D eigenvalue weighted by atomic mass is 10.2. The quantitative estimate of drug-likeness (QED) is 0.719. The largest absolute Gasteiger partial charge is 0.480 e. The van der Waals surface area contributed by atoms with E-state index in [0.29, 0.717) is 12.1 Å². The zero-order valence-corrected chi connectivity index (χ0v) is 10.2. The van der Waals surface area contributed by atoms with Crippen LogP contribution in [0.25, 0.3) is 0 Å². The molecule has 1 amide bonds. The van der Waals surface area contributed by atoms with E-state index < -0.39 is 30.9 Å². The second-order valence-electron chi connectivity index (χ2n) is 3.86. The van der Waals surface area contributed by atoms with Gasteiger partial charge in [0.2, 0.25) is 5.91 Å². The molecule has 7 nitrogen and oxygen atoms in total. The number of carbonyl (C=O) groups excluding carboxylic acids is 1. The van der Waals surface area contributed by atoms with Crippen LogP contribution in [-0.4, -0.2) is 51.0 Å². The van der Waals surface area contributed by atoms with Gasteiger partial charge in [-0.25, -0.2) is 0 Å². The van der Waals surface area contributed by atoms with Gasteiger partial charge >= 0.3 is 11.9 Å². The first-order chi connectivity index (χ1) is 8.99. The Morgan fingerprint density at radius 1 is 1.11 bits per heavy atom. The molecule has 1 rings (SSSR count). The van der Waals surface area contributed by atoms with E-state index in [9.17, 15) is 14.4 Å². The molecule has 0 fully saturated rings. The summed E-state index contributed by atoms with van der Waals surface area (Å²) in [5, 5.41) is 17.3. The summed E-state index contributed by atoms with van der Waals surface area (Å²) in [5.41, 5.74) is 0.696. The smallest absolute Gasteiger partial charge is 0.323 e. The number of amides is 1. The number of carbonyl (C=O) groups is 3. The number of carboxylic acid groups (broad SMARTS) is 2. The summed E-state index contributed by atoms with van der Waals surface area (Å²) < 4.78 is 0. The summed E-state index contributed by atoms with van der Waals surface area (Å²) in [6.07, 6.45) is 1.96. The number of hydrogen-bond donors (Lipinski definition) is 2. The van der Waals surface area contributed by atoms with Crippen LogP contribution in [0.5, 0.6) is 0 Å². The first-order valence-corrected chi connectivity index (χ1v) is 5.60. The minimum atomic E-state index is -1.24. The predicted molar refractivity (Wildman–Crippen MR) is 64.4 cm³/mol. The molecule has 2 N–H and O–H groups in total. The topological polar surface area (TPSA) is 108 Å². The van der Waals surface area contributed by atoms with E-state index >= 15 is 0 Å². The van der Waals surface area contributed by atoms with Crippen molar-refractivity contribution in [3.8, 4) is 0 Å². The molecular formula is C12H14N2O5. The normalized spacial score (nSPS) is 9.89.